The van der Waals surface area contributed by atoms with Crippen LogP contribution in [0.3, 0.4) is 0 Å². The molecule has 7 nitrogen and oxygen atoms in total. The van der Waals surface area contributed by atoms with Crippen molar-refractivity contribution < 1.29 is 23.9 Å². The first-order valence-electron chi connectivity index (χ1n) is 13.1. The van der Waals surface area contributed by atoms with E-state index >= 15 is 0 Å². The number of anilines is 1. The summed E-state index contributed by atoms with van der Waals surface area (Å²) < 4.78 is 13.3. The Bertz CT molecular complexity index is 1520. The molecule has 0 aromatic heterocycles. The molecular formula is C32H31IN2O5S. The van der Waals surface area contributed by atoms with Crippen LogP contribution in [0.15, 0.2) is 72.2 Å². The van der Waals surface area contributed by atoms with Gasteiger partial charge in [0, 0.05) is 14.8 Å². The molecule has 9 heteroatoms. The van der Waals surface area contributed by atoms with Crippen LogP contribution in [0.4, 0.5) is 10.5 Å². The normalized spacial score (nSPS) is 14.0. The Kier molecular flexibility index (Phi) is 10.3. The van der Waals surface area contributed by atoms with Gasteiger partial charge in [-0.25, -0.2) is 0 Å². The van der Waals surface area contributed by atoms with Crippen LogP contribution in [0, 0.1) is 17.4 Å². The van der Waals surface area contributed by atoms with Crippen LogP contribution in [-0.2, 0) is 22.6 Å². The second-order valence-electron chi connectivity index (χ2n) is 9.46. The Balaban J connectivity index is 1.54. The average molecular weight is 683 g/mol. The number of carbonyl (C=O) groups excluding carboxylic acids is 3. The standard InChI is InChI=1S/C32H31IN2O5S/c1-5-7-24-15-23(16-27(39-6-2)30(24)40-19-22-9-11-25(33)12-10-22)17-28-31(37)35(32(38)41-28)18-29(36)34-26-13-8-20(3)21(4)14-26/h5,8-17H,1,6-7,18-19H2,2-4H3,(H,34,36)/b28-17+. The van der Waals surface area contributed by atoms with E-state index in [1.54, 1.807) is 24.3 Å². The van der Waals surface area contributed by atoms with E-state index in [0.29, 0.717) is 42.4 Å². The van der Waals surface area contributed by atoms with Crippen molar-refractivity contribution in [1.82, 2.24) is 4.90 Å². The molecule has 41 heavy (non-hydrogen) atoms. The summed E-state index contributed by atoms with van der Waals surface area (Å²) in [6.07, 6.45) is 3.93. The van der Waals surface area contributed by atoms with E-state index < -0.39 is 17.1 Å². The summed E-state index contributed by atoms with van der Waals surface area (Å²) in [5.74, 6) is 0.185. The lowest BCUT2D eigenvalue weighted by Crippen LogP contribution is -2.36. The number of allylic oxidation sites excluding steroid dienone is 1. The minimum atomic E-state index is -0.516. The molecule has 0 spiro atoms. The van der Waals surface area contributed by atoms with Crippen molar-refractivity contribution in [1.29, 1.82) is 0 Å². The lowest BCUT2D eigenvalue weighted by Gasteiger charge is -2.17. The maximum Gasteiger partial charge on any atom is 0.294 e. The van der Waals surface area contributed by atoms with Crippen LogP contribution < -0.4 is 14.8 Å². The smallest absolute Gasteiger partial charge is 0.294 e. The molecule has 1 fully saturated rings. The third-order valence-electron chi connectivity index (χ3n) is 6.38. The summed E-state index contributed by atoms with van der Waals surface area (Å²) in [5.41, 5.74) is 5.30. The monoisotopic (exact) mass is 682 g/mol. The predicted octanol–water partition coefficient (Wildman–Crippen LogP) is 7.29. The molecule has 0 unspecified atom stereocenters. The third-order valence-corrected chi connectivity index (χ3v) is 8.00. The largest absolute Gasteiger partial charge is 0.490 e. The number of hydrogen-bond donors (Lipinski definition) is 1. The zero-order chi connectivity index (χ0) is 29.5. The number of halogens is 1. The van der Waals surface area contributed by atoms with Crippen molar-refractivity contribution in [2.75, 3.05) is 18.5 Å². The van der Waals surface area contributed by atoms with Gasteiger partial charge in [0.05, 0.1) is 11.5 Å². The van der Waals surface area contributed by atoms with Crippen LogP contribution in [0.2, 0.25) is 0 Å². The molecule has 3 aromatic carbocycles. The summed E-state index contributed by atoms with van der Waals surface area (Å²) in [6.45, 7) is 10.1. The molecule has 1 aliphatic heterocycles. The minimum Gasteiger partial charge on any atom is -0.490 e. The van der Waals surface area contributed by atoms with E-state index in [0.717, 1.165) is 42.5 Å². The zero-order valence-corrected chi connectivity index (χ0v) is 26.1. The van der Waals surface area contributed by atoms with Gasteiger partial charge in [-0.3, -0.25) is 19.3 Å². The Morgan fingerprint density at radius 3 is 2.49 bits per heavy atom. The quantitative estimate of drug-likeness (QED) is 0.130. The number of imide groups is 1. The Morgan fingerprint density at radius 1 is 1.05 bits per heavy atom. The maximum atomic E-state index is 13.1. The van der Waals surface area contributed by atoms with Crippen molar-refractivity contribution in [2.45, 2.75) is 33.8 Å². The second-order valence-corrected chi connectivity index (χ2v) is 11.7. The maximum absolute atomic E-state index is 13.1. The van der Waals surface area contributed by atoms with Crippen molar-refractivity contribution in [3.63, 3.8) is 0 Å². The number of ether oxygens (including phenoxy) is 2. The fourth-order valence-electron chi connectivity index (χ4n) is 4.19. The third kappa shape index (κ3) is 7.80. The molecule has 0 saturated carbocycles. The number of hydrogen-bond acceptors (Lipinski definition) is 6. The highest BCUT2D eigenvalue weighted by Crippen LogP contribution is 2.38. The number of rotatable bonds is 11. The first-order chi connectivity index (χ1) is 19.7. The summed E-state index contributed by atoms with van der Waals surface area (Å²) in [7, 11) is 0. The van der Waals surface area contributed by atoms with E-state index in [9.17, 15) is 14.4 Å². The van der Waals surface area contributed by atoms with Crippen LogP contribution in [-0.4, -0.2) is 35.1 Å². The predicted molar refractivity (Wildman–Crippen MR) is 172 cm³/mol. The highest BCUT2D eigenvalue weighted by Gasteiger charge is 2.36. The van der Waals surface area contributed by atoms with Gasteiger partial charge < -0.3 is 14.8 Å². The van der Waals surface area contributed by atoms with Gasteiger partial charge in [0.25, 0.3) is 11.1 Å². The Morgan fingerprint density at radius 2 is 1.80 bits per heavy atom. The van der Waals surface area contributed by atoms with Crippen LogP contribution >= 0.6 is 34.4 Å². The van der Waals surface area contributed by atoms with Crippen LogP contribution in [0.5, 0.6) is 11.5 Å². The number of benzene rings is 3. The highest BCUT2D eigenvalue weighted by molar-refractivity contribution is 14.1. The number of thioether (sulfide) groups is 1. The van der Waals surface area contributed by atoms with Gasteiger partial charge in [-0.1, -0.05) is 24.3 Å². The molecule has 3 amide bonds. The van der Waals surface area contributed by atoms with E-state index in [4.69, 9.17) is 9.47 Å². The fourth-order valence-corrected chi connectivity index (χ4v) is 5.39. The minimum absolute atomic E-state index is 0.230. The summed E-state index contributed by atoms with van der Waals surface area (Å²) >= 11 is 3.07. The molecule has 0 atom stereocenters. The van der Waals surface area contributed by atoms with Crippen molar-refractivity contribution in [2.24, 2.45) is 0 Å². The van der Waals surface area contributed by atoms with Gasteiger partial charge >= 0.3 is 0 Å². The number of amides is 3. The first-order valence-corrected chi connectivity index (χ1v) is 15.0. The topological polar surface area (TPSA) is 84.9 Å². The van der Waals surface area contributed by atoms with Crippen molar-refractivity contribution in [3.05, 3.63) is 104 Å². The summed E-state index contributed by atoms with van der Waals surface area (Å²) in [5, 5.41) is 2.27. The SMILES string of the molecule is C=CCc1cc(/C=C2/SC(=O)N(CC(=O)Nc3ccc(C)c(C)c3)C2=O)cc(OCC)c1OCc1ccc(I)cc1. The van der Waals surface area contributed by atoms with Crippen molar-refractivity contribution in [3.8, 4) is 11.5 Å². The molecule has 1 heterocycles. The first kappa shape index (κ1) is 30.4. The molecule has 3 aromatic rings. The van der Waals surface area contributed by atoms with Gasteiger partial charge in [-0.15, -0.1) is 6.58 Å². The van der Waals surface area contributed by atoms with E-state index in [2.05, 4.69) is 34.5 Å². The average Bonchev–Trinajstić information content (AvgIpc) is 3.18. The van der Waals surface area contributed by atoms with Crippen molar-refractivity contribution >= 4 is 63.2 Å². The lowest BCUT2D eigenvalue weighted by atomic mass is 10.0. The van der Waals surface area contributed by atoms with Crippen LogP contribution in [0.25, 0.3) is 6.08 Å². The van der Waals surface area contributed by atoms with Crippen LogP contribution in [0.1, 0.15) is 34.7 Å². The summed E-state index contributed by atoms with van der Waals surface area (Å²) in [4.78, 5) is 39.7. The Labute approximate surface area is 258 Å². The molecule has 1 N–H and O–H groups in total. The van der Waals surface area contributed by atoms with Gasteiger partial charge in [-0.05, 0) is 126 Å². The fraction of sp³-hybridized carbons (Fsp3) is 0.219. The molecule has 212 valence electrons. The molecule has 1 aliphatic rings. The lowest BCUT2D eigenvalue weighted by molar-refractivity contribution is -0.127. The Hall–Kier alpha value is -3.57. The van der Waals surface area contributed by atoms with E-state index in [1.807, 2.05) is 63.2 Å². The second kappa shape index (κ2) is 13.9. The van der Waals surface area contributed by atoms with Gasteiger partial charge in [0.1, 0.15) is 13.2 Å². The molecule has 0 bridgehead atoms. The molecule has 1 saturated heterocycles. The summed E-state index contributed by atoms with van der Waals surface area (Å²) in [6, 6.07) is 17.3. The van der Waals surface area contributed by atoms with E-state index in [-0.39, 0.29) is 11.4 Å². The highest BCUT2D eigenvalue weighted by atomic mass is 127. The number of nitrogens with one attached hydrogen (secondary N) is 1. The van der Waals surface area contributed by atoms with Gasteiger partial charge in [-0.2, -0.15) is 0 Å². The zero-order valence-electron chi connectivity index (χ0n) is 23.2. The number of carbonyl (C=O) groups is 3. The number of nitrogens with zero attached hydrogens (tertiary/aromatic N) is 1. The number of aryl methyl sites for hydroxylation is 2. The van der Waals surface area contributed by atoms with Gasteiger partial charge in [0.15, 0.2) is 11.5 Å². The molecule has 4 rings (SSSR count). The molecular weight excluding hydrogens is 651 g/mol. The van der Waals surface area contributed by atoms with E-state index in [1.165, 1.54) is 0 Å². The molecule has 0 radical (unpaired) electrons. The van der Waals surface area contributed by atoms with Gasteiger partial charge in [0.2, 0.25) is 5.91 Å². The molecule has 0 aliphatic carbocycles.